The summed E-state index contributed by atoms with van der Waals surface area (Å²) >= 11 is 0. The molecule has 0 aliphatic rings. The van der Waals surface area contributed by atoms with Crippen LogP contribution in [0.5, 0.6) is 0 Å². The Balaban J connectivity index is 1.62. The number of hydrogen-bond donors (Lipinski definition) is 2. The molecule has 0 bridgehead atoms. The van der Waals surface area contributed by atoms with Crippen LogP contribution in [0.4, 0.5) is 11.6 Å². The van der Waals surface area contributed by atoms with Crippen molar-refractivity contribution in [3.63, 3.8) is 0 Å². The van der Waals surface area contributed by atoms with Gasteiger partial charge in [-0.25, -0.2) is 15.0 Å². The molecule has 1 amide bonds. The zero-order valence-corrected chi connectivity index (χ0v) is 18.2. The Morgan fingerprint density at radius 1 is 1.10 bits per heavy atom. The molecule has 31 heavy (non-hydrogen) atoms. The quantitative estimate of drug-likeness (QED) is 0.480. The fourth-order valence-electron chi connectivity index (χ4n) is 3.80. The summed E-state index contributed by atoms with van der Waals surface area (Å²) in [7, 11) is 1.85. The number of pyridine rings is 1. The smallest absolute Gasteiger partial charge is 0.256 e. The van der Waals surface area contributed by atoms with Gasteiger partial charge in [-0.05, 0) is 50.1 Å². The van der Waals surface area contributed by atoms with Gasteiger partial charge in [0.15, 0.2) is 5.82 Å². The first-order chi connectivity index (χ1) is 15.0. The van der Waals surface area contributed by atoms with Crippen LogP contribution in [0.1, 0.15) is 40.8 Å². The van der Waals surface area contributed by atoms with Gasteiger partial charge >= 0.3 is 0 Å². The highest BCUT2D eigenvalue weighted by Gasteiger charge is 2.17. The second-order valence-corrected chi connectivity index (χ2v) is 7.52. The van der Waals surface area contributed by atoms with Crippen LogP contribution in [0.15, 0.2) is 48.8 Å². The van der Waals surface area contributed by atoms with Gasteiger partial charge in [0, 0.05) is 36.3 Å². The molecular formula is C24H26N6O. The van der Waals surface area contributed by atoms with E-state index in [2.05, 4.69) is 31.9 Å². The zero-order chi connectivity index (χ0) is 22.0. The number of amides is 1. The summed E-state index contributed by atoms with van der Waals surface area (Å²) in [6, 6.07) is 11.3. The predicted octanol–water partition coefficient (Wildman–Crippen LogP) is 4.65. The minimum atomic E-state index is -0.188. The maximum absolute atomic E-state index is 12.7. The lowest BCUT2D eigenvalue weighted by Crippen LogP contribution is -2.13. The number of benzene rings is 1. The minimum Gasteiger partial charge on any atom is -0.371 e. The molecule has 7 heteroatoms. The number of aromatic nitrogens is 4. The van der Waals surface area contributed by atoms with Gasteiger partial charge in [-0.3, -0.25) is 9.20 Å². The van der Waals surface area contributed by atoms with Crippen LogP contribution in [0.25, 0.3) is 16.8 Å². The van der Waals surface area contributed by atoms with Crippen LogP contribution < -0.4 is 10.6 Å². The standard InChI is InChI=1S/C24H26N6O/c1-5-6-17-11-12-26-20(13-17)29-24(31)19-9-7-18(8-10-19)21-22-23(25-4)27-14-15(2)30(22)16(3)28-21/h7-14H,5-6H2,1-4H3,(H,25,27)(H,26,29,31). The number of nitrogens with zero attached hydrogens (tertiary/aromatic N) is 4. The van der Waals surface area contributed by atoms with Gasteiger partial charge in [0.1, 0.15) is 22.9 Å². The number of nitrogens with one attached hydrogen (secondary N) is 2. The number of aryl methyl sites for hydroxylation is 3. The average molecular weight is 415 g/mol. The number of carbonyl (C=O) groups excluding carboxylic acids is 1. The molecule has 0 radical (unpaired) electrons. The molecule has 0 aliphatic heterocycles. The molecule has 0 spiro atoms. The molecule has 158 valence electrons. The summed E-state index contributed by atoms with van der Waals surface area (Å²) in [5.41, 5.74) is 5.42. The van der Waals surface area contributed by atoms with Crippen molar-refractivity contribution in [2.24, 2.45) is 0 Å². The Morgan fingerprint density at radius 2 is 1.87 bits per heavy atom. The lowest BCUT2D eigenvalue weighted by atomic mass is 10.1. The van der Waals surface area contributed by atoms with Gasteiger partial charge in [-0.2, -0.15) is 0 Å². The second kappa shape index (κ2) is 8.55. The number of rotatable bonds is 6. The first-order valence-electron chi connectivity index (χ1n) is 10.4. The highest BCUT2D eigenvalue weighted by Crippen LogP contribution is 2.30. The van der Waals surface area contributed by atoms with Crippen LogP contribution in [0, 0.1) is 13.8 Å². The van der Waals surface area contributed by atoms with E-state index >= 15 is 0 Å². The van der Waals surface area contributed by atoms with E-state index in [-0.39, 0.29) is 5.91 Å². The monoisotopic (exact) mass is 414 g/mol. The molecule has 2 N–H and O–H groups in total. The average Bonchev–Trinajstić information content (AvgIpc) is 3.13. The van der Waals surface area contributed by atoms with Crippen molar-refractivity contribution in [1.82, 2.24) is 19.4 Å². The molecule has 4 rings (SSSR count). The summed E-state index contributed by atoms with van der Waals surface area (Å²) in [4.78, 5) is 26.2. The summed E-state index contributed by atoms with van der Waals surface area (Å²) in [6.07, 6.45) is 5.56. The highest BCUT2D eigenvalue weighted by molar-refractivity contribution is 6.04. The SMILES string of the molecule is CCCc1ccnc(NC(=O)c2ccc(-c3nc(C)n4c(C)cnc(NC)c34)cc2)c1. The molecular weight excluding hydrogens is 388 g/mol. The Hall–Kier alpha value is -3.74. The molecule has 0 saturated heterocycles. The molecule has 0 saturated carbocycles. The van der Waals surface area contributed by atoms with E-state index in [1.807, 2.05) is 63.5 Å². The third-order valence-electron chi connectivity index (χ3n) is 5.26. The van der Waals surface area contributed by atoms with Crippen molar-refractivity contribution in [2.45, 2.75) is 33.6 Å². The number of hydrogen-bond acceptors (Lipinski definition) is 5. The first kappa shape index (κ1) is 20.5. The van der Waals surface area contributed by atoms with Crippen molar-refractivity contribution in [3.8, 4) is 11.3 Å². The van der Waals surface area contributed by atoms with Crippen LogP contribution in [-0.2, 0) is 6.42 Å². The predicted molar refractivity (Wildman–Crippen MR) is 124 cm³/mol. The number of anilines is 2. The fourth-order valence-corrected chi connectivity index (χ4v) is 3.80. The third kappa shape index (κ3) is 3.99. The van der Waals surface area contributed by atoms with E-state index in [0.717, 1.165) is 52.5 Å². The number of fused-ring (bicyclic) bond motifs is 1. The lowest BCUT2D eigenvalue weighted by Gasteiger charge is -2.09. The molecule has 0 aliphatic carbocycles. The van der Waals surface area contributed by atoms with E-state index in [1.165, 1.54) is 0 Å². The maximum Gasteiger partial charge on any atom is 0.256 e. The Labute approximate surface area is 181 Å². The van der Waals surface area contributed by atoms with Gasteiger partial charge < -0.3 is 10.6 Å². The van der Waals surface area contributed by atoms with Crippen molar-refractivity contribution >= 4 is 23.1 Å². The van der Waals surface area contributed by atoms with Gasteiger partial charge in [0.2, 0.25) is 0 Å². The molecule has 4 aromatic rings. The van der Waals surface area contributed by atoms with E-state index in [1.54, 1.807) is 6.20 Å². The summed E-state index contributed by atoms with van der Waals surface area (Å²) < 4.78 is 2.09. The topological polar surface area (TPSA) is 84.2 Å². The molecule has 3 aromatic heterocycles. The van der Waals surface area contributed by atoms with Gasteiger partial charge in [0.25, 0.3) is 5.91 Å². The molecule has 1 aromatic carbocycles. The van der Waals surface area contributed by atoms with E-state index in [9.17, 15) is 4.79 Å². The van der Waals surface area contributed by atoms with E-state index < -0.39 is 0 Å². The second-order valence-electron chi connectivity index (χ2n) is 7.52. The molecule has 3 heterocycles. The van der Waals surface area contributed by atoms with Crippen LogP contribution in [-0.4, -0.2) is 32.3 Å². The van der Waals surface area contributed by atoms with Crippen molar-refractivity contribution in [2.75, 3.05) is 17.7 Å². The van der Waals surface area contributed by atoms with Crippen LogP contribution in [0.2, 0.25) is 0 Å². The van der Waals surface area contributed by atoms with Crippen molar-refractivity contribution < 1.29 is 4.79 Å². The number of imidazole rings is 1. The highest BCUT2D eigenvalue weighted by atomic mass is 16.1. The van der Waals surface area contributed by atoms with Gasteiger partial charge in [-0.15, -0.1) is 0 Å². The Kier molecular flexibility index (Phi) is 5.66. The van der Waals surface area contributed by atoms with E-state index in [0.29, 0.717) is 11.4 Å². The summed E-state index contributed by atoms with van der Waals surface area (Å²) in [6.45, 7) is 6.11. The van der Waals surface area contributed by atoms with Crippen molar-refractivity contribution in [1.29, 1.82) is 0 Å². The number of carbonyl (C=O) groups is 1. The molecule has 0 unspecified atom stereocenters. The molecule has 7 nitrogen and oxygen atoms in total. The normalized spacial score (nSPS) is 11.0. The van der Waals surface area contributed by atoms with Crippen LogP contribution >= 0.6 is 0 Å². The molecule has 0 fully saturated rings. The summed E-state index contributed by atoms with van der Waals surface area (Å²) in [5, 5.41) is 6.03. The van der Waals surface area contributed by atoms with Gasteiger partial charge in [-0.1, -0.05) is 25.5 Å². The maximum atomic E-state index is 12.7. The third-order valence-corrected chi connectivity index (χ3v) is 5.26. The zero-order valence-electron chi connectivity index (χ0n) is 18.2. The lowest BCUT2D eigenvalue weighted by molar-refractivity contribution is 0.102. The van der Waals surface area contributed by atoms with Crippen LogP contribution in [0.3, 0.4) is 0 Å². The van der Waals surface area contributed by atoms with Crippen molar-refractivity contribution in [3.05, 3.63) is 71.4 Å². The van der Waals surface area contributed by atoms with E-state index in [4.69, 9.17) is 4.98 Å². The largest absolute Gasteiger partial charge is 0.371 e. The fraction of sp³-hybridized carbons (Fsp3) is 0.250. The van der Waals surface area contributed by atoms with Gasteiger partial charge in [0.05, 0.1) is 0 Å². The first-order valence-corrected chi connectivity index (χ1v) is 10.4. The molecule has 0 atom stereocenters. The minimum absolute atomic E-state index is 0.188. The summed E-state index contributed by atoms with van der Waals surface area (Å²) in [5.74, 6) is 2.03. The Morgan fingerprint density at radius 3 is 2.58 bits per heavy atom. The Bertz CT molecular complexity index is 1240.